The number of hydrogen-bond acceptors (Lipinski definition) is 8. The van der Waals surface area contributed by atoms with Crippen LogP contribution < -0.4 is 10.8 Å². The second-order valence-electron chi connectivity index (χ2n) is 5.73. The van der Waals surface area contributed by atoms with Crippen molar-refractivity contribution in [2.45, 2.75) is 26.3 Å². The second-order valence-corrected chi connectivity index (χ2v) is 5.73. The second kappa shape index (κ2) is 11.1. The molecule has 150 valence electrons. The van der Waals surface area contributed by atoms with Gasteiger partial charge in [0.05, 0.1) is 17.6 Å². The van der Waals surface area contributed by atoms with Crippen LogP contribution in [0.5, 0.6) is 5.75 Å². The van der Waals surface area contributed by atoms with Crippen LogP contribution in [0.1, 0.15) is 30.6 Å². The Hall–Kier alpha value is -2.76. The number of nitro benzene ring substituents is 1. The molecule has 2 unspecified atom stereocenters. The van der Waals surface area contributed by atoms with Crippen LogP contribution in [0.2, 0.25) is 0 Å². The largest absolute Gasteiger partial charge is 0.502 e. The molecule has 0 spiro atoms. The zero-order valence-electron chi connectivity index (χ0n) is 15.0. The first-order chi connectivity index (χ1) is 12.8. The van der Waals surface area contributed by atoms with E-state index in [1.165, 1.54) is 6.07 Å². The van der Waals surface area contributed by atoms with Crippen LogP contribution in [-0.2, 0) is 14.3 Å². The lowest BCUT2D eigenvalue weighted by molar-refractivity contribution is -0.385. The number of carbonyl (C=O) groups is 2. The number of carbonyl (C=O) groups excluding carboxylic acids is 2. The number of hydroxylamine groups is 1. The predicted molar refractivity (Wildman–Crippen MR) is 92.2 cm³/mol. The van der Waals surface area contributed by atoms with E-state index >= 15 is 0 Å². The molecule has 0 aliphatic carbocycles. The Bertz CT molecular complexity index is 667. The summed E-state index contributed by atoms with van der Waals surface area (Å²) in [5.74, 6) is -2.49. The van der Waals surface area contributed by atoms with Crippen molar-refractivity contribution in [1.29, 1.82) is 0 Å². The Kier molecular flexibility index (Phi) is 9.13. The number of hydrogen-bond donors (Lipinski definition) is 4. The number of aromatic hydroxyl groups is 1. The molecule has 0 aliphatic heterocycles. The summed E-state index contributed by atoms with van der Waals surface area (Å²) >= 11 is 0. The Balaban J connectivity index is 2.82. The van der Waals surface area contributed by atoms with Crippen LogP contribution in [0, 0.1) is 16.0 Å². The highest BCUT2D eigenvalue weighted by molar-refractivity contribution is 5.95. The van der Waals surface area contributed by atoms with Crippen LogP contribution >= 0.6 is 0 Å². The molecule has 0 aliphatic rings. The van der Waals surface area contributed by atoms with Crippen molar-refractivity contribution in [3.63, 3.8) is 0 Å². The van der Waals surface area contributed by atoms with Gasteiger partial charge in [0.25, 0.3) is 5.91 Å². The molecule has 0 radical (unpaired) electrons. The third-order valence-electron chi connectivity index (χ3n) is 3.66. The third kappa shape index (κ3) is 7.17. The molecule has 1 aromatic rings. The fourth-order valence-electron chi connectivity index (χ4n) is 2.23. The molecule has 4 N–H and O–H groups in total. The molecule has 0 saturated carbocycles. The van der Waals surface area contributed by atoms with Crippen LogP contribution in [0.4, 0.5) is 5.69 Å². The summed E-state index contributed by atoms with van der Waals surface area (Å²) in [6, 6.07) is 2.60. The van der Waals surface area contributed by atoms with Gasteiger partial charge in [-0.25, -0.2) is 5.48 Å². The maximum Gasteiger partial charge on any atom is 0.310 e. The number of nitrogens with zero attached hydrogens (tertiary/aromatic N) is 1. The van der Waals surface area contributed by atoms with Gasteiger partial charge in [0.1, 0.15) is 6.79 Å². The molecule has 11 nitrogen and oxygen atoms in total. The number of amides is 2. The quantitative estimate of drug-likeness (QED) is 0.144. The van der Waals surface area contributed by atoms with Crippen molar-refractivity contribution in [1.82, 2.24) is 10.8 Å². The van der Waals surface area contributed by atoms with Crippen LogP contribution in [0.3, 0.4) is 0 Å². The van der Waals surface area contributed by atoms with Gasteiger partial charge in [-0.15, -0.1) is 0 Å². The van der Waals surface area contributed by atoms with Gasteiger partial charge < -0.3 is 19.9 Å². The molecule has 0 bridgehead atoms. The number of phenols is 1. The predicted octanol–water partition coefficient (Wildman–Crippen LogP) is 0.941. The van der Waals surface area contributed by atoms with Crippen molar-refractivity contribution in [2.24, 2.45) is 5.92 Å². The lowest BCUT2D eigenvalue weighted by atomic mass is 10.0. The molecule has 0 saturated heterocycles. The highest BCUT2D eigenvalue weighted by atomic mass is 16.7. The van der Waals surface area contributed by atoms with Gasteiger partial charge in [-0.05, 0) is 25.5 Å². The van der Waals surface area contributed by atoms with E-state index in [2.05, 4.69) is 5.32 Å². The SMILES string of the molecule is CCOCOCC(CC(C)C(=O)NO)NC(=O)c1ccc([N+](=O)[O-])c(O)c1. The number of rotatable bonds is 11. The summed E-state index contributed by atoms with van der Waals surface area (Å²) in [6.07, 6.45) is 0.156. The molecule has 0 aromatic heterocycles. The molecule has 0 heterocycles. The molecule has 1 rings (SSSR count). The zero-order valence-corrected chi connectivity index (χ0v) is 15.0. The molecule has 27 heavy (non-hydrogen) atoms. The Morgan fingerprint density at radius 1 is 1.33 bits per heavy atom. The Labute approximate surface area is 155 Å². The standard InChI is InChI=1S/C16H23N3O8/c1-3-26-9-27-8-12(6-10(2)15(21)18-23)17-16(22)11-4-5-13(19(24)25)14(20)7-11/h4-5,7,10,12,20,23H,3,6,8-9H2,1-2H3,(H,17,22)(H,18,21). The van der Waals surface area contributed by atoms with E-state index in [9.17, 15) is 24.8 Å². The smallest absolute Gasteiger partial charge is 0.310 e. The van der Waals surface area contributed by atoms with Crippen LogP contribution in [0.15, 0.2) is 18.2 Å². The van der Waals surface area contributed by atoms with Gasteiger partial charge in [0.2, 0.25) is 5.91 Å². The molecule has 11 heteroatoms. The van der Waals surface area contributed by atoms with E-state index in [1.807, 2.05) is 0 Å². The Morgan fingerprint density at radius 3 is 2.59 bits per heavy atom. The van der Waals surface area contributed by atoms with Gasteiger partial charge in [-0.1, -0.05) is 6.92 Å². The first kappa shape index (κ1) is 22.3. The monoisotopic (exact) mass is 385 g/mol. The molecule has 1 aromatic carbocycles. The molecular formula is C16H23N3O8. The lowest BCUT2D eigenvalue weighted by Crippen LogP contribution is -2.41. The van der Waals surface area contributed by atoms with Crippen molar-refractivity contribution in [2.75, 3.05) is 20.0 Å². The minimum absolute atomic E-state index is 0.00175. The maximum atomic E-state index is 12.4. The van der Waals surface area contributed by atoms with E-state index in [-0.39, 0.29) is 25.4 Å². The summed E-state index contributed by atoms with van der Waals surface area (Å²) in [4.78, 5) is 33.8. The topological polar surface area (TPSA) is 160 Å². The zero-order chi connectivity index (χ0) is 20.4. The average molecular weight is 385 g/mol. The molecule has 2 amide bonds. The van der Waals surface area contributed by atoms with Crippen LogP contribution in [0.25, 0.3) is 0 Å². The van der Waals surface area contributed by atoms with Gasteiger partial charge in [0, 0.05) is 24.2 Å². The van der Waals surface area contributed by atoms with Crippen LogP contribution in [-0.4, -0.2) is 53.1 Å². The van der Waals surface area contributed by atoms with Gasteiger partial charge >= 0.3 is 5.69 Å². The van der Waals surface area contributed by atoms with E-state index in [0.717, 1.165) is 12.1 Å². The number of ether oxygens (including phenoxy) is 2. The number of benzene rings is 1. The summed E-state index contributed by atoms with van der Waals surface area (Å²) in [5, 5.41) is 31.7. The van der Waals surface area contributed by atoms with Crippen molar-refractivity contribution >= 4 is 17.5 Å². The maximum absolute atomic E-state index is 12.4. The fraction of sp³-hybridized carbons (Fsp3) is 0.500. The van der Waals surface area contributed by atoms with E-state index in [4.69, 9.17) is 14.7 Å². The summed E-state index contributed by atoms with van der Waals surface area (Å²) in [6.45, 7) is 3.83. The minimum atomic E-state index is -0.767. The molecule has 2 atom stereocenters. The summed E-state index contributed by atoms with van der Waals surface area (Å²) in [5.41, 5.74) is 1.03. The lowest BCUT2D eigenvalue weighted by Gasteiger charge is -2.21. The highest BCUT2D eigenvalue weighted by Gasteiger charge is 2.22. The fourth-order valence-corrected chi connectivity index (χ4v) is 2.23. The highest BCUT2D eigenvalue weighted by Crippen LogP contribution is 2.26. The van der Waals surface area contributed by atoms with E-state index in [1.54, 1.807) is 19.3 Å². The molecular weight excluding hydrogens is 362 g/mol. The first-order valence-electron chi connectivity index (χ1n) is 8.17. The van der Waals surface area contributed by atoms with Crippen molar-refractivity contribution in [3.8, 4) is 5.75 Å². The number of nitro groups is 1. The molecule has 0 fully saturated rings. The van der Waals surface area contributed by atoms with E-state index in [0.29, 0.717) is 6.61 Å². The Morgan fingerprint density at radius 2 is 2.04 bits per heavy atom. The normalized spacial score (nSPS) is 12.9. The summed E-state index contributed by atoms with van der Waals surface area (Å²) < 4.78 is 10.3. The average Bonchev–Trinajstić information content (AvgIpc) is 2.63. The first-order valence-corrected chi connectivity index (χ1v) is 8.17. The van der Waals surface area contributed by atoms with Crippen molar-refractivity contribution < 1.29 is 34.3 Å². The van der Waals surface area contributed by atoms with Gasteiger partial charge in [-0.3, -0.25) is 24.9 Å². The third-order valence-corrected chi connectivity index (χ3v) is 3.66. The van der Waals surface area contributed by atoms with Crippen molar-refractivity contribution in [3.05, 3.63) is 33.9 Å². The number of nitrogens with one attached hydrogen (secondary N) is 2. The minimum Gasteiger partial charge on any atom is -0.502 e. The number of phenolic OH excluding ortho intramolecular Hbond substituents is 1. The van der Waals surface area contributed by atoms with Gasteiger partial charge in [-0.2, -0.15) is 0 Å². The van der Waals surface area contributed by atoms with Gasteiger partial charge in [0.15, 0.2) is 5.75 Å². The van der Waals surface area contributed by atoms with E-state index < -0.39 is 40.1 Å². The summed E-state index contributed by atoms with van der Waals surface area (Å²) in [7, 11) is 0.